The molecule has 2 atom stereocenters. The van der Waals surface area contributed by atoms with Gasteiger partial charge in [-0.15, -0.1) is 23.2 Å². The first-order valence-corrected chi connectivity index (χ1v) is 4.42. The van der Waals surface area contributed by atoms with Gasteiger partial charge in [-0.3, -0.25) is 0 Å². The number of benzene rings is 1. The van der Waals surface area contributed by atoms with Crippen LogP contribution in [-0.4, -0.2) is 5.38 Å². The number of rotatable bonds is 2. The molecule has 0 N–H and O–H groups in total. The summed E-state index contributed by atoms with van der Waals surface area (Å²) in [7, 11) is 0. The molecule has 0 saturated heterocycles. The molecular weight excluding hydrogens is 179 g/mol. The average Bonchev–Trinajstić information content (AvgIpc) is 2.05. The third-order valence-corrected chi connectivity index (χ3v) is 2.53. The molecule has 0 aliphatic heterocycles. The minimum absolute atomic E-state index is 0.0286. The molecular formula is C9H10Cl2. The van der Waals surface area contributed by atoms with E-state index in [1.165, 1.54) is 0 Å². The number of hydrogen-bond acceptors (Lipinski definition) is 0. The Morgan fingerprint density at radius 2 is 1.64 bits per heavy atom. The maximum Gasteiger partial charge on any atom is 0.0746 e. The van der Waals surface area contributed by atoms with Crippen molar-refractivity contribution in [3.8, 4) is 0 Å². The molecule has 1 rings (SSSR count). The summed E-state index contributed by atoms with van der Waals surface area (Å²) >= 11 is 11.8. The Bertz CT molecular complexity index is 206. The monoisotopic (exact) mass is 188 g/mol. The lowest BCUT2D eigenvalue weighted by Gasteiger charge is -2.10. The van der Waals surface area contributed by atoms with Gasteiger partial charge in [-0.05, 0) is 12.5 Å². The Morgan fingerprint density at radius 1 is 1.09 bits per heavy atom. The van der Waals surface area contributed by atoms with Gasteiger partial charge in [-0.2, -0.15) is 0 Å². The van der Waals surface area contributed by atoms with Gasteiger partial charge < -0.3 is 0 Å². The van der Waals surface area contributed by atoms with Gasteiger partial charge in [0.1, 0.15) is 0 Å². The van der Waals surface area contributed by atoms with E-state index in [-0.39, 0.29) is 10.8 Å². The molecule has 0 aliphatic rings. The predicted octanol–water partition coefficient (Wildman–Crippen LogP) is 3.59. The minimum atomic E-state index is -0.0853. The van der Waals surface area contributed by atoms with Gasteiger partial charge >= 0.3 is 0 Å². The molecule has 0 bridgehead atoms. The van der Waals surface area contributed by atoms with Crippen molar-refractivity contribution < 1.29 is 0 Å². The molecule has 0 amide bonds. The standard InChI is InChI=1S/C9H10Cl2/c1-7(10)9(11)8-5-3-2-4-6-8/h2-7,9H,1H3/t7?,9-/m0/s1. The predicted molar refractivity (Wildman–Crippen MR) is 50.4 cm³/mol. The molecule has 0 aliphatic carbocycles. The molecule has 0 fully saturated rings. The second kappa shape index (κ2) is 3.99. The van der Waals surface area contributed by atoms with Crippen LogP contribution in [0.2, 0.25) is 0 Å². The summed E-state index contributed by atoms with van der Waals surface area (Å²) in [6.07, 6.45) is 0. The fourth-order valence-corrected chi connectivity index (χ4v) is 1.19. The summed E-state index contributed by atoms with van der Waals surface area (Å²) in [4.78, 5) is 0. The molecule has 0 saturated carbocycles. The summed E-state index contributed by atoms with van der Waals surface area (Å²) < 4.78 is 0. The van der Waals surface area contributed by atoms with E-state index in [1.54, 1.807) is 0 Å². The highest BCUT2D eigenvalue weighted by Gasteiger charge is 2.12. The zero-order chi connectivity index (χ0) is 8.27. The molecule has 0 aromatic heterocycles. The molecule has 0 radical (unpaired) electrons. The Balaban J connectivity index is 2.77. The number of hydrogen-bond donors (Lipinski definition) is 0. The van der Waals surface area contributed by atoms with Crippen LogP contribution in [0.25, 0.3) is 0 Å². The van der Waals surface area contributed by atoms with Gasteiger partial charge in [0.05, 0.1) is 10.8 Å². The summed E-state index contributed by atoms with van der Waals surface area (Å²) in [6.45, 7) is 1.90. The van der Waals surface area contributed by atoms with Gasteiger partial charge in [0, 0.05) is 0 Å². The van der Waals surface area contributed by atoms with Gasteiger partial charge in [0.2, 0.25) is 0 Å². The molecule has 0 spiro atoms. The summed E-state index contributed by atoms with van der Waals surface area (Å²) in [5, 5.41) is -0.114. The van der Waals surface area contributed by atoms with Crippen LogP contribution >= 0.6 is 23.2 Å². The van der Waals surface area contributed by atoms with E-state index in [4.69, 9.17) is 23.2 Å². The van der Waals surface area contributed by atoms with Gasteiger partial charge in [-0.25, -0.2) is 0 Å². The maximum atomic E-state index is 6.01. The first kappa shape index (κ1) is 8.89. The van der Waals surface area contributed by atoms with Crippen LogP contribution in [0.1, 0.15) is 17.9 Å². The fourth-order valence-electron chi connectivity index (χ4n) is 0.902. The zero-order valence-corrected chi connectivity index (χ0v) is 7.81. The van der Waals surface area contributed by atoms with Gasteiger partial charge in [-0.1, -0.05) is 30.3 Å². The molecule has 11 heavy (non-hydrogen) atoms. The van der Waals surface area contributed by atoms with Crippen LogP contribution in [-0.2, 0) is 0 Å². The van der Waals surface area contributed by atoms with Crippen LogP contribution < -0.4 is 0 Å². The van der Waals surface area contributed by atoms with E-state index < -0.39 is 0 Å². The van der Waals surface area contributed by atoms with Gasteiger partial charge in [0.15, 0.2) is 0 Å². The average molecular weight is 189 g/mol. The van der Waals surface area contributed by atoms with E-state index in [1.807, 2.05) is 37.3 Å². The van der Waals surface area contributed by atoms with Crippen molar-refractivity contribution in [2.75, 3.05) is 0 Å². The van der Waals surface area contributed by atoms with E-state index in [9.17, 15) is 0 Å². The minimum Gasteiger partial charge on any atom is -0.121 e. The Kier molecular flexibility index (Phi) is 3.22. The van der Waals surface area contributed by atoms with Crippen molar-refractivity contribution in [3.63, 3.8) is 0 Å². The van der Waals surface area contributed by atoms with Crippen molar-refractivity contribution in [2.24, 2.45) is 0 Å². The highest BCUT2D eigenvalue weighted by molar-refractivity contribution is 6.29. The van der Waals surface area contributed by atoms with Crippen LogP contribution in [0.5, 0.6) is 0 Å². The normalized spacial score (nSPS) is 15.9. The summed E-state index contributed by atoms with van der Waals surface area (Å²) in [6, 6.07) is 9.85. The highest BCUT2D eigenvalue weighted by atomic mass is 35.5. The zero-order valence-electron chi connectivity index (χ0n) is 6.30. The second-order valence-electron chi connectivity index (χ2n) is 2.49. The lowest BCUT2D eigenvalue weighted by atomic mass is 10.1. The third kappa shape index (κ3) is 2.39. The second-order valence-corrected chi connectivity index (χ2v) is 3.65. The Morgan fingerprint density at radius 3 is 2.09 bits per heavy atom. The molecule has 0 heterocycles. The largest absolute Gasteiger partial charge is 0.121 e. The van der Waals surface area contributed by atoms with Crippen LogP contribution in [0.3, 0.4) is 0 Å². The third-order valence-electron chi connectivity index (χ3n) is 1.52. The van der Waals surface area contributed by atoms with Crippen molar-refractivity contribution in [1.29, 1.82) is 0 Å². The number of alkyl halides is 2. The molecule has 2 heteroatoms. The maximum absolute atomic E-state index is 6.01. The molecule has 60 valence electrons. The lowest BCUT2D eigenvalue weighted by Crippen LogP contribution is -2.01. The number of halogens is 2. The van der Waals surface area contributed by atoms with E-state index in [0.29, 0.717) is 0 Å². The Labute approximate surface area is 77.1 Å². The van der Waals surface area contributed by atoms with Crippen molar-refractivity contribution >= 4 is 23.2 Å². The summed E-state index contributed by atoms with van der Waals surface area (Å²) in [5.41, 5.74) is 1.08. The molecule has 1 aromatic rings. The van der Waals surface area contributed by atoms with Crippen molar-refractivity contribution in [2.45, 2.75) is 17.7 Å². The lowest BCUT2D eigenvalue weighted by molar-refractivity contribution is 0.893. The van der Waals surface area contributed by atoms with E-state index in [2.05, 4.69) is 0 Å². The molecule has 1 aromatic carbocycles. The smallest absolute Gasteiger partial charge is 0.0746 e. The van der Waals surface area contributed by atoms with E-state index in [0.717, 1.165) is 5.56 Å². The first-order chi connectivity index (χ1) is 5.22. The van der Waals surface area contributed by atoms with Crippen molar-refractivity contribution in [3.05, 3.63) is 35.9 Å². The fraction of sp³-hybridized carbons (Fsp3) is 0.333. The highest BCUT2D eigenvalue weighted by Crippen LogP contribution is 2.26. The Hall–Kier alpha value is -0.200. The van der Waals surface area contributed by atoms with Crippen LogP contribution in [0.15, 0.2) is 30.3 Å². The summed E-state index contributed by atoms with van der Waals surface area (Å²) in [5.74, 6) is 0. The quantitative estimate of drug-likeness (QED) is 0.623. The SMILES string of the molecule is CC(Cl)[C@H](Cl)c1ccccc1. The first-order valence-electron chi connectivity index (χ1n) is 3.55. The van der Waals surface area contributed by atoms with E-state index >= 15 is 0 Å². The van der Waals surface area contributed by atoms with Gasteiger partial charge in [0.25, 0.3) is 0 Å². The topological polar surface area (TPSA) is 0 Å². The molecule has 0 nitrogen and oxygen atoms in total. The molecule has 1 unspecified atom stereocenters. The van der Waals surface area contributed by atoms with Crippen LogP contribution in [0, 0.1) is 0 Å². The van der Waals surface area contributed by atoms with Crippen LogP contribution in [0.4, 0.5) is 0 Å². The van der Waals surface area contributed by atoms with Crippen molar-refractivity contribution in [1.82, 2.24) is 0 Å².